The summed E-state index contributed by atoms with van der Waals surface area (Å²) in [5, 5.41) is 5.47. The topological polar surface area (TPSA) is 35.1 Å². The Labute approximate surface area is 244 Å². The maximum absolute atomic E-state index is 5.47. The van der Waals surface area contributed by atoms with E-state index in [2.05, 4.69) is 160 Å². The Morgan fingerprint density at radius 2 is 1.17 bits per heavy atom. The highest BCUT2D eigenvalue weighted by Crippen LogP contribution is 2.43. The summed E-state index contributed by atoms with van der Waals surface area (Å²) in [6, 6.07) is 44.9. The molecule has 3 aromatic heterocycles. The van der Waals surface area contributed by atoms with Gasteiger partial charge in [-0.2, -0.15) is 5.10 Å². The Hall–Kier alpha value is -4.87. The maximum Gasteiger partial charge on any atom is 0.138 e. The molecule has 0 bridgehead atoms. The minimum Gasteiger partial charge on any atom is -0.306 e. The third-order valence-electron chi connectivity index (χ3n) is 7.70. The van der Waals surface area contributed by atoms with E-state index in [1.54, 1.807) is 11.8 Å². The number of rotatable bonds is 7. The molecule has 41 heavy (non-hydrogen) atoms. The van der Waals surface area contributed by atoms with E-state index in [1.165, 1.54) is 4.90 Å². The first kappa shape index (κ1) is 25.1. The average molecular weight is 549 g/mol. The summed E-state index contributed by atoms with van der Waals surface area (Å²) in [6.07, 6.45) is 10.3. The molecule has 0 spiro atoms. The van der Waals surface area contributed by atoms with Crippen molar-refractivity contribution >= 4 is 17.4 Å². The van der Waals surface area contributed by atoms with Gasteiger partial charge in [0, 0.05) is 46.4 Å². The van der Waals surface area contributed by atoms with Gasteiger partial charge < -0.3 is 4.40 Å². The molecule has 3 heterocycles. The normalized spacial score (nSPS) is 11.6. The number of hydrogen-bond donors (Lipinski definition) is 0. The van der Waals surface area contributed by atoms with E-state index in [0.717, 1.165) is 44.7 Å². The highest BCUT2D eigenvalue weighted by atomic mass is 32.2. The molecule has 0 fully saturated rings. The van der Waals surface area contributed by atoms with Gasteiger partial charge in [0.1, 0.15) is 16.9 Å². The lowest BCUT2D eigenvalue weighted by Gasteiger charge is -2.36. The molecule has 0 aliphatic rings. The first-order chi connectivity index (χ1) is 20.3. The Balaban J connectivity index is 1.56. The minimum atomic E-state index is -0.699. The van der Waals surface area contributed by atoms with Gasteiger partial charge in [0.15, 0.2) is 0 Å². The van der Waals surface area contributed by atoms with Crippen molar-refractivity contribution in [2.45, 2.75) is 10.4 Å². The number of hydrogen-bond acceptors (Lipinski definition) is 3. The van der Waals surface area contributed by atoms with E-state index in [-0.39, 0.29) is 0 Å². The van der Waals surface area contributed by atoms with Crippen LogP contribution in [0.5, 0.6) is 0 Å². The fraction of sp³-hybridized carbons (Fsp3) is 0.0556. The van der Waals surface area contributed by atoms with E-state index in [9.17, 15) is 0 Å². The minimum absolute atomic E-state index is 0.699. The van der Waals surface area contributed by atoms with Gasteiger partial charge >= 0.3 is 0 Å². The standard InChI is InChI=1S/C36H28N4S/c1-41-32-20-17-27(18-21-32)35-33(28-19-22-34-37-23-24-39(34)25-28)26-40(38-35)36(29-11-5-2-6-12-29,30-13-7-3-8-14-30)31-15-9-4-10-16-31/h2-26H,1H3. The van der Waals surface area contributed by atoms with Gasteiger partial charge in [0.25, 0.3) is 0 Å². The van der Waals surface area contributed by atoms with Gasteiger partial charge in [-0.25, -0.2) is 4.98 Å². The van der Waals surface area contributed by atoms with Crippen LogP contribution in [0.15, 0.2) is 157 Å². The molecule has 198 valence electrons. The van der Waals surface area contributed by atoms with E-state index in [4.69, 9.17) is 5.10 Å². The molecule has 5 heteroatoms. The van der Waals surface area contributed by atoms with E-state index in [1.807, 2.05) is 12.4 Å². The van der Waals surface area contributed by atoms with Crippen LogP contribution in [0.2, 0.25) is 0 Å². The number of imidazole rings is 1. The first-order valence-electron chi connectivity index (χ1n) is 13.6. The summed E-state index contributed by atoms with van der Waals surface area (Å²) in [6.45, 7) is 0. The number of nitrogens with zero attached hydrogens (tertiary/aromatic N) is 4. The van der Waals surface area contributed by atoms with Gasteiger partial charge in [0.2, 0.25) is 0 Å². The average Bonchev–Trinajstić information content (AvgIpc) is 3.71. The first-order valence-corrected chi connectivity index (χ1v) is 14.8. The quantitative estimate of drug-likeness (QED) is 0.148. The fourth-order valence-electron chi connectivity index (χ4n) is 5.73. The molecular formula is C36H28N4S. The smallest absolute Gasteiger partial charge is 0.138 e. The zero-order valence-electron chi connectivity index (χ0n) is 22.6. The number of benzene rings is 4. The second-order valence-electron chi connectivity index (χ2n) is 9.98. The molecule has 7 rings (SSSR count). The largest absolute Gasteiger partial charge is 0.306 e. The van der Waals surface area contributed by atoms with Crippen LogP contribution in [0.25, 0.3) is 28.0 Å². The van der Waals surface area contributed by atoms with Crippen LogP contribution in [-0.2, 0) is 5.54 Å². The lowest BCUT2D eigenvalue weighted by atomic mass is 9.77. The Kier molecular flexibility index (Phi) is 6.50. The molecule has 0 saturated heterocycles. The van der Waals surface area contributed by atoms with Crippen molar-refractivity contribution in [1.29, 1.82) is 0 Å². The van der Waals surface area contributed by atoms with Crippen molar-refractivity contribution in [1.82, 2.24) is 19.2 Å². The summed E-state index contributed by atoms with van der Waals surface area (Å²) in [5.41, 5.74) is 7.78. The van der Waals surface area contributed by atoms with Crippen LogP contribution < -0.4 is 0 Å². The molecule has 0 radical (unpaired) electrons. The summed E-state index contributed by atoms with van der Waals surface area (Å²) in [7, 11) is 0. The Bertz CT molecular complexity index is 1810. The van der Waals surface area contributed by atoms with Crippen LogP contribution in [0.3, 0.4) is 0 Å². The molecule has 0 amide bonds. The number of aromatic nitrogens is 4. The van der Waals surface area contributed by atoms with Gasteiger partial charge in [-0.15, -0.1) is 11.8 Å². The molecule has 0 unspecified atom stereocenters. The Morgan fingerprint density at radius 3 is 1.73 bits per heavy atom. The number of thioether (sulfide) groups is 1. The van der Waals surface area contributed by atoms with Crippen molar-refractivity contribution in [3.63, 3.8) is 0 Å². The lowest BCUT2D eigenvalue weighted by molar-refractivity contribution is 0.461. The molecule has 7 aromatic rings. The molecule has 4 nitrogen and oxygen atoms in total. The highest BCUT2D eigenvalue weighted by molar-refractivity contribution is 7.98. The summed E-state index contributed by atoms with van der Waals surface area (Å²) in [4.78, 5) is 5.68. The monoisotopic (exact) mass is 548 g/mol. The van der Waals surface area contributed by atoms with Crippen LogP contribution >= 0.6 is 11.8 Å². The highest BCUT2D eigenvalue weighted by Gasteiger charge is 2.40. The molecule has 0 aliphatic carbocycles. The van der Waals surface area contributed by atoms with Crippen LogP contribution in [0.4, 0.5) is 0 Å². The summed E-state index contributed by atoms with van der Waals surface area (Å²) in [5.74, 6) is 0. The van der Waals surface area contributed by atoms with Crippen LogP contribution in [0, 0.1) is 0 Å². The van der Waals surface area contributed by atoms with Crippen molar-refractivity contribution in [2.24, 2.45) is 0 Å². The van der Waals surface area contributed by atoms with Gasteiger partial charge in [-0.1, -0.05) is 103 Å². The molecule has 0 N–H and O–H groups in total. The molecule has 4 aromatic carbocycles. The van der Waals surface area contributed by atoms with Crippen LogP contribution in [0.1, 0.15) is 16.7 Å². The Morgan fingerprint density at radius 1 is 0.610 bits per heavy atom. The van der Waals surface area contributed by atoms with Gasteiger partial charge in [-0.3, -0.25) is 4.68 Å². The van der Waals surface area contributed by atoms with Gasteiger partial charge in [0.05, 0.1) is 0 Å². The molecule has 0 aliphatic heterocycles. The summed E-state index contributed by atoms with van der Waals surface area (Å²) < 4.78 is 4.23. The molecule has 0 saturated carbocycles. The van der Waals surface area contributed by atoms with Crippen molar-refractivity contribution < 1.29 is 0 Å². The second-order valence-corrected chi connectivity index (χ2v) is 10.9. The van der Waals surface area contributed by atoms with Crippen molar-refractivity contribution in [2.75, 3.05) is 6.26 Å². The predicted molar refractivity (Wildman–Crippen MR) is 168 cm³/mol. The summed E-state index contributed by atoms with van der Waals surface area (Å²) >= 11 is 1.74. The lowest BCUT2D eigenvalue weighted by Crippen LogP contribution is -2.38. The van der Waals surface area contributed by atoms with E-state index >= 15 is 0 Å². The zero-order chi connectivity index (χ0) is 27.6. The van der Waals surface area contributed by atoms with E-state index < -0.39 is 5.54 Å². The second kappa shape index (κ2) is 10.6. The fourth-order valence-corrected chi connectivity index (χ4v) is 6.14. The molecular weight excluding hydrogens is 520 g/mol. The third kappa shape index (κ3) is 4.35. The third-order valence-corrected chi connectivity index (χ3v) is 8.44. The van der Waals surface area contributed by atoms with Gasteiger partial charge in [-0.05, 0) is 47.2 Å². The van der Waals surface area contributed by atoms with Crippen molar-refractivity contribution in [3.8, 4) is 22.4 Å². The van der Waals surface area contributed by atoms with E-state index in [0.29, 0.717) is 0 Å². The predicted octanol–water partition coefficient (Wildman–Crippen LogP) is 8.43. The molecule has 0 atom stereocenters. The van der Waals surface area contributed by atoms with Crippen molar-refractivity contribution in [3.05, 3.63) is 169 Å². The zero-order valence-corrected chi connectivity index (χ0v) is 23.4. The number of pyridine rings is 1. The maximum atomic E-state index is 5.47. The number of fused-ring (bicyclic) bond motifs is 1. The SMILES string of the molecule is CSc1ccc(-c2nn(C(c3ccccc3)(c3ccccc3)c3ccccc3)cc2-c2ccc3nccn3c2)cc1. The van der Waals surface area contributed by atoms with Crippen LogP contribution in [-0.4, -0.2) is 25.4 Å².